The Morgan fingerprint density at radius 1 is 1.10 bits per heavy atom. The van der Waals surface area contributed by atoms with E-state index in [0.29, 0.717) is 34.7 Å². The third-order valence-corrected chi connectivity index (χ3v) is 5.24. The quantitative estimate of drug-likeness (QED) is 0.289. The average Bonchev–Trinajstić information content (AvgIpc) is 2.70. The van der Waals surface area contributed by atoms with Crippen molar-refractivity contribution in [2.75, 3.05) is 34.2 Å². The van der Waals surface area contributed by atoms with Crippen molar-refractivity contribution in [1.82, 2.24) is 15.5 Å². The monoisotopic (exact) mass is 562 g/mol. The summed E-state index contributed by atoms with van der Waals surface area (Å²) in [7, 11) is 5.24. The summed E-state index contributed by atoms with van der Waals surface area (Å²) < 4.78 is 0. The predicted octanol–water partition coefficient (Wildman–Crippen LogP) is 4.82. The van der Waals surface area contributed by atoms with Crippen LogP contribution in [0.5, 0.6) is 0 Å². The minimum absolute atomic E-state index is 0. The first-order valence-electron chi connectivity index (χ1n) is 9.52. The zero-order valence-electron chi connectivity index (χ0n) is 17.7. The van der Waals surface area contributed by atoms with E-state index in [1.807, 2.05) is 42.5 Å². The van der Waals surface area contributed by atoms with Gasteiger partial charge in [-0.3, -0.25) is 9.79 Å². The highest BCUT2D eigenvalue weighted by molar-refractivity contribution is 14.0. The molecule has 8 heteroatoms. The minimum Gasteiger partial charge on any atom is -0.356 e. The lowest BCUT2D eigenvalue weighted by Gasteiger charge is -2.18. The van der Waals surface area contributed by atoms with Crippen LogP contribution in [0, 0.1) is 0 Å². The van der Waals surface area contributed by atoms with Gasteiger partial charge in [0.1, 0.15) is 0 Å². The number of guanidine groups is 1. The van der Waals surface area contributed by atoms with Gasteiger partial charge in [0, 0.05) is 55.8 Å². The number of amides is 1. The van der Waals surface area contributed by atoms with Gasteiger partial charge < -0.3 is 15.5 Å². The molecule has 164 valence electrons. The van der Waals surface area contributed by atoms with Crippen LogP contribution in [0.2, 0.25) is 10.0 Å². The summed E-state index contributed by atoms with van der Waals surface area (Å²) in [5.74, 6) is 0.841. The van der Waals surface area contributed by atoms with Crippen LogP contribution in [-0.2, 0) is 6.42 Å². The van der Waals surface area contributed by atoms with Crippen LogP contribution in [-0.4, -0.2) is 51.0 Å². The molecule has 5 nitrogen and oxygen atoms in total. The summed E-state index contributed by atoms with van der Waals surface area (Å²) in [5, 5.41) is 7.95. The number of carbonyl (C=O) groups excluding carboxylic acids is 1. The second-order valence-corrected chi connectivity index (χ2v) is 7.88. The van der Waals surface area contributed by atoms with E-state index >= 15 is 0 Å². The van der Waals surface area contributed by atoms with Crippen molar-refractivity contribution in [1.29, 1.82) is 0 Å². The van der Waals surface area contributed by atoms with E-state index in [-0.39, 0.29) is 35.8 Å². The van der Waals surface area contributed by atoms with E-state index in [9.17, 15) is 4.79 Å². The van der Waals surface area contributed by atoms with Gasteiger partial charge in [-0.05, 0) is 41.8 Å². The molecule has 1 unspecified atom stereocenters. The molecule has 2 N–H and O–H groups in total. The second kappa shape index (κ2) is 13.0. The summed E-state index contributed by atoms with van der Waals surface area (Å²) in [6.45, 7) is 3.41. The van der Waals surface area contributed by atoms with E-state index in [0.717, 1.165) is 17.5 Å². The van der Waals surface area contributed by atoms with Crippen LogP contribution in [0.25, 0.3) is 0 Å². The lowest BCUT2D eigenvalue weighted by molar-refractivity contribution is 0.0827. The van der Waals surface area contributed by atoms with Crippen molar-refractivity contribution in [2.45, 2.75) is 19.3 Å². The van der Waals surface area contributed by atoms with Gasteiger partial charge in [0.2, 0.25) is 0 Å². The van der Waals surface area contributed by atoms with E-state index < -0.39 is 0 Å². The van der Waals surface area contributed by atoms with Crippen molar-refractivity contribution in [3.63, 3.8) is 0 Å². The normalized spacial score (nSPS) is 12.0. The molecule has 1 amide bonds. The van der Waals surface area contributed by atoms with Gasteiger partial charge in [-0.2, -0.15) is 0 Å². The zero-order valence-corrected chi connectivity index (χ0v) is 21.5. The molecule has 0 heterocycles. The van der Waals surface area contributed by atoms with Gasteiger partial charge in [-0.1, -0.05) is 48.3 Å². The molecular formula is C22H29Cl2IN4O. The molecule has 0 aliphatic carbocycles. The number of halogens is 3. The number of aliphatic imine (C=N–C) groups is 1. The maximum atomic E-state index is 12.1. The molecular weight excluding hydrogens is 534 g/mol. The largest absolute Gasteiger partial charge is 0.356 e. The van der Waals surface area contributed by atoms with Crippen molar-refractivity contribution in [2.24, 2.45) is 4.99 Å². The molecule has 1 atom stereocenters. The number of carbonyl (C=O) groups is 1. The molecule has 0 saturated heterocycles. The predicted molar refractivity (Wildman–Crippen MR) is 138 cm³/mol. The molecule has 0 radical (unpaired) electrons. The van der Waals surface area contributed by atoms with E-state index in [1.165, 1.54) is 0 Å². The number of rotatable bonds is 7. The van der Waals surface area contributed by atoms with Crippen LogP contribution in [0.3, 0.4) is 0 Å². The Hall–Kier alpha value is -1.51. The lowest BCUT2D eigenvalue weighted by Crippen LogP contribution is -2.40. The topological polar surface area (TPSA) is 56.7 Å². The SMILES string of the molecule is CN=C(NCCc1cccc(C(=O)N(C)C)c1)NCC(C)c1c(Cl)cccc1Cl.I. The van der Waals surface area contributed by atoms with Crippen LogP contribution in [0.1, 0.15) is 34.3 Å². The third-order valence-electron chi connectivity index (χ3n) is 4.58. The number of nitrogens with zero attached hydrogens (tertiary/aromatic N) is 2. The first-order valence-corrected chi connectivity index (χ1v) is 10.3. The zero-order chi connectivity index (χ0) is 21.4. The van der Waals surface area contributed by atoms with Gasteiger partial charge in [-0.25, -0.2) is 0 Å². The van der Waals surface area contributed by atoms with Crippen molar-refractivity contribution in [3.8, 4) is 0 Å². The van der Waals surface area contributed by atoms with Gasteiger partial charge in [0.15, 0.2) is 5.96 Å². The van der Waals surface area contributed by atoms with Gasteiger partial charge in [0.05, 0.1) is 0 Å². The van der Waals surface area contributed by atoms with Crippen molar-refractivity contribution < 1.29 is 4.79 Å². The highest BCUT2D eigenvalue weighted by atomic mass is 127. The Labute approximate surface area is 206 Å². The van der Waals surface area contributed by atoms with E-state index in [4.69, 9.17) is 23.2 Å². The first-order chi connectivity index (χ1) is 13.8. The number of hydrogen-bond donors (Lipinski definition) is 2. The van der Waals surface area contributed by atoms with Crippen LogP contribution < -0.4 is 10.6 Å². The van der Waals surface area contributed by atoms with Crippen LogP contribution >= 0.6 is 47.2 Å². The van der Waals surface area contributed by atoms with Crippen molar-refractivity contribution >= 4 is 59.0 Å². The molecule has 0 aliphatic heterocycles. The minimum atomic E-state index is 0. The fourth-order valence-electron chi connectivity index (χ4n) is 3.00. The highest BCUT2D eigenvalue weighted by Crippen LogP contribution is 2.30. The maximum absolute atomic E-state index is 12.1. The molecule has 0 saturated carbocycles. The molecule has 0 bridgehead atoms. The molecule has 2 rings (SSSR count). The molecule has 2 aromatic carbocycles. The molecule has 0 aliphatic rings. The van der Waals surface area contributed by atoms with E-state index in [2.05, 4.69) is 22.5 Å². The standard InChI is InChI=1S/C22H28Cl2N4O.HI/c1-15(20-18(23)9-6-10-19(20)24)14-27-22(25-2)26-12-11-16-7-5-8-17(13-16)21(29)28(3)4;/h5-10,13,15H,11-12,14H2,1-4H3,(H2,25,26,27);1H. The maximum Gasteiger partial charge on any atom is 0.253 e. The van der Waals surface area contributed by atoms with Crippen LogP contribution in [0.15, 0.2) is 47.5 Å². The smallest absolute Gasteiger partial charge is 0.253 e. The first kappa shape index (κ1) is 26.5. The third kappa shape index (κ3) is 7.63. The molecule has 0 spiro atoms. The molecule has 0 aromatic heterocycles. The van der Waals surface area contributed by atoms with Crippen molar-refractivity contribution in [3.05, 3.63) is 69.2 Å². The summed E-state index contributed by atoms with van der Waals surface area (Å²) in [6.07, 6.45) is 0.779. The lowest BCUT2D eigenvalue weighted by atomic mass is 10.0. The molecule has 2 aromatic rings. The molecule has 0 fully saturated rings. The Morgan fingerprint density at radius 3 is 2.33 bits per heavy atom. The second-order valence-electron chi connectivity index (χ2n) is 7.07. The average molecular weight is 563 g/mol. The Balaban J connectivity index is 0.00000450. The highest BCUT2D eigenvalue weighted by Gasteiger charge is 2.14. The fourth-order valence-corrected chi connectivity index (χ4v) is 3.77. The summed E-state index contributed by atoms with van der Waals surface area (Å²) in [4.78, 5) is 17.9. The Kier molecular flexibility index (Phi) is 11.5. The number of hydrogen-bond acceptors (Lipinski definition) is 2. The summed E-state index contributed by atoms with van der Waals surface area (Å²) in [5.41, 5.74) is 2.72. The van der Waals surface area contributed by atoms with Crippen LogP contribution in [0.4, 0.5) is 0 Å². The number of nitrogens with one attached hydrogen (secondary N) is 2. The fraction of sp³-hybridized carbons (Fsp3) is 0.364. The molecule has 30 heavy (non-hydrogen) atoms. The van der Waals surface area contributed by atoms with Gasteiger partial charge in [-0.15, -0.1) is 24.0 Å². The van der Waals surface area contributed by atoms with Gasteiger partial charge in [0.25, 0.3) is 5.91 Å². The Bertz CT molecular complexity index is 854. The summed E-state index contributed by atoms with van der Waals surface area (Å²) >= 11 is 12.6. The number of benzene rings is 2. The summed E-state index contributed by atoms with van der Waals surface area (Å²) in [6, 6.07) is 13.2. The van der Waals surface area contributed by atoms with Gasteiger partial charge >= 0.3 is 0 Å². The Morgan fingerprint density at radius 2 is 1.73 bits per heavy atom. The van der Waals surface area contributed by atoms with E-state index in [1.54, 1.807) is 26.0 Å².